The average molecular weight is 184 g/mol. The van der Waals surface area contributed by atoms with E-state index in [1.54, 1.807) is 0 Å². The monoisotopic (exact) mass is 184 g/mol. The lowest BCUT2D eigenvalue weighted by Gasteiger charge is -2.19. The first kappa shape index (κ1) is 7.87. The van der Waals surface area contributed by atoms with Gasteiger partial charge < -0.3 is 9.74 Å². The maximum atomic E-state index is 6.99. The molecule has 2 nitrogen and oxygen atoms in total. The molecule has 1 saturated carbocycles. The maximum absolute atomic E-state index is 6.99. The van der Waals surface area contributed by atoms with E-state index in [-0.39, 0.29) is 0 Å². The molecule has 2 aliphatic rings. The molecule has 2 fully saturated rings. The SMILES string of the molecule is [C-]#[N+]C1[C@H]2CN(c3ccccc3)C[C@@H]12. The highest BCUT2D eigenvalue weighted by atomic mass is 15.2. The molecule has 1 aliphatic heterocycles. The van der Waals surface area contributed by atoms with E-state index in [0.717, 1.165) is 13.1 Å². The minimum Gasteiger partial charge on any atom is -0.370 e. The molecule has 1 aromatic rings. The third kappa shape index (κ3) is 1.02. The first-order valence-electron chi connectivity index (χ1n) is 5.07. The van der Waals surface area contributed by atoms with Crippen LogP contribution >= 0.6 is 0 Å². The number of hydrogen-bond donors (Lipinski definition) is 0. The fraction of sp³-hybridized carbons (Fsp3) is 0.417. The number of nitrogens with zero attached hydrogens (tertiary/aromatic N) is 2. The molecule has 70 valence electrons. The zero-order valence-corrected chi connectivity index (χ0v) is 7.93. The number of para-hydroxylation sites is 1. The summed E-state index contributed by atoms with van der Waals surface area (Å²) in [6.45, 7) is 9.17. The van der Waals surface area contributed by atoms with Crippen LogP contribution in [0.4, 0.5) is 5.69 Å². The van der Waals surface area contributed by atoms with E-state index >= 15 is 0 Å². The number of hydrogen-bond acceptors (Lipinski definition) is 1. The second-order valence-electron chi connectivity index (χ2n) is 4.19. The first-order valence-corrected chi connectivity index (χ1v) is 5.07. The standard InChI is InChI=1S/C12H12N2/c1-13-12-10-7-14(8-11(10)12)9-5-3-2-4-6-9/h2-6,10-12H,7-8H2/t10-,11+,12?. The number of benzene rings is 1. The molecule has 1 aliphatic carbocycles. The normalized spacial score (nSPS) is 33.6. The summed E-state index contributed by atoms with van der Waals surface area (Å²) in [5.41, 5.74) is 1.31. The maximum Gasteiger partial charge on any atom is 0.233 e. The Kier molecular flexibility index (Phi) is 1.55. The molecule has 0 radical (unpaired) electrons. The van der Waals surface area contributed by atoms with Crippen LogP contribution in [0.25, 0.3) is 4.85 Å². The van der Waals surface area contributed by atoms with Crippen LogP contribution in [0.2, 0.25) is 0 Å². The Balaban J connectivity index is 1.73. The molecular formula is C12H12N2. The van der Waals surface area contributed by atoms with Gasteiger partial charge in [0.1, 0.15) is 0 Å². The Labute approximate surface area is 84.0 Å². The highest BCUT2D eigenvalue weighted by molar-refractivity contribution is 5.49. The van der Waals surface area contributed by atoms with E-state index in [1.807, 2.05) is 6.07 Å². The molecule has 3 rings (SSSR count). The van der Waals surface area contributed by atoms with Crippen LogP contribution < -0.4 is 4.90 Å². The molecule has 0 amide bonds. The third-order valence-electron chi connectivity index (χ3n) is 3.42. The predicted molar refractivity (Wildman–Crippen MR) is 56.0 cm³/mol. The molecule has 14 heavy (non-hydrogen) atoms. The fourth-order valence-corrected chi connectivity index (χ4v) is 2.54. The summed E-state index contributed by atoms with van der Waals surface area (Å²) in [5.74, 6) is 1.32. The van der Waals surface area contributed by atoms with Gasteiger partial charge in [-0.25, -0.2) is 6.57 Å². The highest BCUT2D eigenvalue weighted by Crippen LogP contribution is 2.48. The molecule has 0 aromatic heterocycles. The third-order valence-corrected chi connectivity index (χ3v) is 3.42. The quantitative estimate of drug-likeness (QED) is 0.606. The van der Waals surface area contributed by atoms with Crippen LogP contribution in [0.1, 0.15) is 0 Å². The van der Waals surface area contributed by atoms with Crippen molar-refractivity contribution >= 4 is 5.69 Å². The lowest BCUT2D eigenvalue weighted by atomic mass is 10.3. The first-order chi connectivity index (χ1) is 6.90. The van der Waals surface area contributed by atoms with E-state index in [0.29, 0.717) is 17.9 Å². The van der Waals surface area contributed by atoms with Crippen LogP contribution in [-0.2, 0) is 0 Å². The van der Waals surface area contributed by atoms with Gasteiger partial charge >= 0.3 is 0 Å². The zero-order chi connectivity index (χ0) is 9.54. The molecular weight excluding hydrogens is 172 g/mol. The summed E-state index contributed by atoms with van der Waals surface area (Å²) < 4.78 is 0. The zero-order valence-electron chi connectivity index (χ0n) is 7.93. The van der Waals surface area contributed by atoms with Crippen molar-refractivity contribution < 1.29 is 0 Å². The Morgan fingerprint density at radius 2 is 1.79 bits per heavy atom. The van der Waals surface area contributed by atoms with Crippen molar-refractivity contribution in [2.24, 2.45) is 11.8 Å². The second-order valence-corrected chi connectivity index (χ2v) is 4.19. The summed E-state index contributed by atoms with van der Waals surface area (Å²) in [6.07, 6.45) is 0. The molecule has 2 heteroatoms. The molecule has 0 N–H and O–H groups in total. The Morgan fingerprint density at radius 1 is 1.14 bits per heavy atom. The minimum atomic E-state index is 0.343. The number of anilines is 1. The van der Waals surface area contributed by atoms with Gasteiger partial charge in [-0.3, -0.25) is 0 Å². The van der Waals surface area contributed by atoms with Gasteiger partial charge in [-0.1, -0.05) is 18.2 Å². The summed E-state index contributed by atoms with van der Waals surface area (Å²) >= 11 is 0. The van der Waals surface area contributed by atoms with E-state index in [2.05, 4.69) is 34.0 Å². The van der Waals surface area contributed by atoms with Crippen molar-refractivity contribution in [3.63, 3.8) is 0 Å². The van der Waals surface area contributed by atoms with Crippen LogP contribution in [0, 0.1) is 18.4 Å². The van der Waals surface area contributed by atoms with E-state index in [1.165, 1.54) is 5.69 Å². The van der Waals surface area contributed by atoms with Crippen molar-refractivity contribution in [3.05, 3.63) is 41.7 Å². The van der Waals surface area contributed by atoms with Crippen LogP contribution in [-0.4, -0.2) is 19.1 Å². The summed E-state index contributed by atoms with van der Waals surface area (Å²) in [5, 5.41) is 0. The van der Waals surface area contributed by atoms with Gasteiger partial charge in [-0.15, -0.1) is 0 Å². The van der Waals surface area contributed by atoms with Crippen molar-refractivity contribution in [2.45, 2.75) is 6.04 Å². The van der Waals surface area contributed by atoms with E-state index in [4.69, 9.17) is 6.57 Å². The van der Waals surface area contributed by atoms with Crippen molar-refractivity contribution in [3.8, 4) is 0 Å². The summed E-state index contributed by atoms with van der Waals surface area (Å²) in [4.78, 5) is 6.04. The number of fused-ring (bicyclic) bond motifs is 1. The van der Waals surface area contributed by atoms with Gasteiger partial charge in [-0.05, 0) is 12.1 Å². The fourth-order valence-electron chi connectivity index (χ4n) is 2.54. The van der Waals surface area contributed by atoms with Crippen molar-refractivity contribution in [1.29, 1.82) is 0 Å². The molecule has 1 heterocycles. The Morgan fingerprint density at radius 3 is 2.36 bits per heavy atom. The van der Waals surface area contributed by atoms with Crippen molar-refractivity contribution in [2.75, 3.05) is 18.0 Å². The van der Waals surface area contributed by atoms with Gasteiger partial charge in [0.15, 0.2) is 0 Å². The molecule has 1 unspecified atom stereocenters. The smallest absolute Gasteiger partial charge is 0.233 e. The van der Waals surface area contributed by atoms with Gasteiger partial charge in [0.05, 0.1) is 11.8 Å². The van der Waals surface area contributed by atoms with Gasteiger partial charge in [0.2, 0.25) is 6.04 Å². The molecule has 3 atom stereocenters. The predicted octanol–water partition coefficient (Wildman–Crippen LogP) is 2.04. The highest BCUT2D eigenvalue weighted by Gasteiger charge is 2.62. The summed E-state index contributed by atoms with van der Waals surface area (Å²) in [7, 11) is 0. The van der Waals surface area contributed by atoms with Crippen molar-refractivity contribution in [1.82, 2.24) is 0 Å². The van der Waals surface area contributed by atoms with E-state index < -0.39 is 0 Å². The Hall–Kier alpha value is -1.49. The van der Waals surface area contributed by atoms with Crippen LogP contribution in [0.3, 0.4) is 0 Å². The number of rotatable bonds is 1. The molecule has 1 saturated heterocycles. The summed E-state index contributed by atoms with van der Waals surface area (Å²) in [6, 6.07) is 10.8. The largest absolute Gasteiger partial charge is 0.370 e. The lowest BCUT2D eigenvalue weighted by molar-refractivity contribution is 0.793. The lowest BCUT2D eigenvalue weighted by Crippen LogP contribution is -2.24. The topological polar surface area (TPSA) is 7.60 Å². The Bertz CT molecular complexity index is 367. The molecule has 0 spiro atoms. The van der Waals surface area contributed by atoms with Crippen LogP contribution in [0.5, 0.6) is 0 Å². The van der Waals surface area contributed by atoms with E-state index in [9.17, 15) is 0 Å². The van der Waals surface area contributed by atoms with Gasteiger partial charge in [0, 0.05) is 18.8 Å². The minimum absolute atomic E-state index is 0.343. The van der Waals surface area contributed by atoms with Crippen LogP contribution in [0.15, 0.2) is 30.3 Å². The van der Waals surface area contributed by atoms with Gasteiger partial charge in [-0.2, -0.15) is 0 Å². The average Bonchev–Trinajstić information content (AvgIpc) is 2.72. The molecule has 1 aromatic carbocycles. The number of piperidine rings is 1. The van der Waals surface area contributed by atoms with Gasteiger partial charge in [0.25, 0.3) is 0 Å². The molecule has 0 bridgehead atoms. The second kappa shape index (κ2) is 2.75.